The van der Waals surface area contributed by atoms with Gasteiger partial charge >= 0.3 is 0 Å². The van der Waals surface area contributed by atoms with Gasteiger partial charge in [-0.3, -0.25) is 0 Å². The van der Waals surface area contributed by atoms with Crippen LogP contribution >= 0.6 is 0 Å². The molecule has 0 unspecified atom stereocenters. The highest BCUT2D eigenvalue weighted by Crippen LogP contribution is 2.17. The van der Waals surface area contributed by atoms with Gasteiger partial charge in [0.2, 0.25) is 5.88 Å². The van der Waals surface area contributed by atoms with E-state index in [1.54, 1.807) is 13.3 Å². The highest BCUT2D eigenvalue weighted by atomic mass is 16.5. The van der Waals surface area contributed by atoms with Crippen LogP contribution in [0.25, 0.3) is 0 Å². The average Bonchev–Trinajstić information content (AvgIpc) is 2.55. The predicted octanol–water partition coefficient (Wildman–Crippen LogP) is 1.84. The first kappa shape index (κ1) is 16.5. The molecule has 122 valence electrons. The lowest BCUT2D eigenvalue weighted by Crippen LogP contribution is -2.41. The second kappa shape index (κ2) is 9.25. The number of hydrogen-bond acceptors (Lipinski definition) is 4. The fourth-order valence-corrected chi connectivity index (χ4v) is 2.57. The highest BCUT2D eigenvalue weighted by molar-refractivity contribution is 5.78. The number of hydrogen-bond donors (Lipinski definition) is 2. The Hall–Kier alpha value is -1.82. The number of rotatable bonds is 7. The summed E-state index contributed by atoms with van der Waals surface area (Å²) in [5.74, 6) is 1.09. The Morgan fingerprint density at radius 1 is 1.36 bits per heavy atom. The van der Waals surface area contributed by atoms with E-state index >= 15 is 0 Å². The molecule has 1 aromatic heterocycles. The van der Waals surface area contributed by atoms with Crippen LogP contribution in [0.2, 0.25) is 0 Å². The summed E-state index contributed by atoms with van der Waals surface area (Å²) in [4.78, 5) is 8.65. The van der Waals surface area contributed by atoms with Gasteiger partial charge in [0, 0.05) is 24.9 Å². The molecule has 1 saturated carbocycles. The molecule has 0 radical (unpaired) electrons. The van der Waals surface area contributed by atoms with Crippen molar-refractivity contribution in [2.45, 2.75) is 44.7 Å². The van der Waals surface area contributed by atoms with Gasteiger partial charge < -0.3 is 20.5 Å². The van der Waals surface area contributed by atoms with Gasteiger partial charge in [-0.15, -0.1) is 0 Å². The van der Waals surface area contributed by atoms with Gasteiger partial charge in [0.1, 0.15) is 6.61 Å². The Morgan fingerprint density at radius 2 is 2.18 bits per heavy atom. The average molecular weight is 306 g/mol. The van der Waals surface area contributed by atoms with Crippen molar-refractivity contribution in [2.75, 3.05) is 20.3 Å². The number of pyridine rings is 1. The number of methoxy groups -OCH3 is 1. The molecule has 0 aromatic carbocycles. The van der Waals surface area contributed by atoms with Crippen LogP contribution < -0.4 is 15.8 Å². The molecule has 0 aliphatic heterocycles. The molecule has 2 rings (SSSR count). The van der Waals surface area contributed by atoms with E-state index in [0.29, 0.717) is 37.6 Å². The smallest absolute Gasteiger partial charge is 0.218 e. The second-order valence-electron chi connectivity index (χ2n) is 5.49. The number of guanidine groups is 1. The molecule has 0 bridgehead atoms. The lowest BCUT2D eigenvalue weighted by molar-refractivity contribution is 0.143. The van der Waals surface area contributed by atoms with Gasteiger partial charge in [0.15, 0.2) is 5.96 Å². The van der Waals surface area contributed by atoms with Gasteiger partial charge in [0.25, 0.3) is 0 Å². The topological polar surface area (TPSA) is 81.8 Å². The zero-order valence-corrected chi connectivity index (χ0v) is 13.3. The van der Waals surface area contributed by atoms with Gasteiger partial charge in [-0.2, -0.15) is 0 Å². The van der Waals surface area contributed by atoms with Crippen molar-refractivity contribution in [2.24, 2.45) is 10.7 Å². The number of nitrogens with zero attached hydrogens (tertiary/aromatic N) is 2. The Bertz CT molecular complexity index is 473. The molecule has 0 atom stereocenters. The maximum atomic E-state index is 5.98. The first-order valence-corrected chi connectivity index (χ1v) is 7.91. The monoisotopic (exact) mass is 306 g/mol. The quantitative estimate of drug-likeness (QED) is 0.456. The van der Waals surface area contributed by atoms with Crippen LogP contribution in [-0.4, -0.2) is 37.3 Å². The molecule has 1 fully saturated rings. The summed E-state index contributed by atoms with van der Waals surface area (Å²) in [7, 11) is 1.64. The van der Waals surface area contributed by atoms with Crippen molar-refractivity contribution in [1.82, 2.24) is 10.3 Å². The first-order chi connectivity index (χ1) is 10.8. The highest BCUT2D eigenvalue weighted by Gasteiger charge is 2.13. The zero-order valence-electron chi connectivity index (χ0n) is 13.3. The van der Waals surface area contributed by atoms with Crippen LogP contribution in [0.1, 0.15) is 37.7 Å². The molecule has 0 amide bonds. The standard InChI is InChI=1S/C16H26N4O2/c1-21-10-11-22-15-13(6-5-9-18-15)12-19-16(17)20-14-7-3-2-4-8-14/h5-6,9,14H,2-4,7-8,10-12H2,1H3,(H3,17,19,20). The summed E-state index contributed by atoms with van der Waals surface area (Å²) in [6, 6.07) is 4.29. The zero-order chi connectivity index (χ0) is 15.6. The van der Waals surface area contributed by atoms with E-state index < -0.39 is 0 Å². The first-order valence-electron chi connectivity index (χ1n) is 7.91. The van der Waals surface area contributed by atoms with E-state index in [1.165, 1.54) is 32.1 Å². The number of nitrogens with two attached hydrogens (primary N) is 1. The van der Waals surface area contributed by atoms with Crippen LogP contribution in [-0.2, 0) is 11.3 Å². The van der Waals surface area contributed by atoms with Crippen LogP contribution in [0.3, 0.4) is 0 Å². The SMILES string of the molecule is COCCOc1ncccc1CN=C(N)NC1CCCCC1. The number of aromatic nitrogens is 1. The summed E-state index contributed by atoms with van der Waals surface area (Å²) in [6.07, 6.45) is 7.92. The molecule has 6 nitrogen and oxygen atoms in total. The van der Waals surface area contributed by atoms with Gasteiger partial charge in [-0.1, -0.05) is 25.3 Å². The van der Waals surface area contributed by atoms with Crippen LogP contribution in [0, 0.1) is 0 Å². The summed E-state index contributed by atoms with van der Waals surface area (Å²) in [5, 5.41) is 3.31. The molecule has 6 heteroatoms. The maximum absolute atomic E-state index is 5.98. The Balaban J connectivity index is 1.87. The fraction of sp³-hybridized carbons (Fsp3) is 0.625. The molecular formula is C16H26N4O2. The third-order valence-corrected chi connectivity index (χ3v) is 3.75. The lowest BCUT2D eigenvalue weighted by Gasteiger charge is -2.23. The van der Waals surface area contributed by atoms with E-state index in [1.807, 2.05) is 12.1 Å². The number of ether oxygens (including phenoxy) is 2. The van der Waals surface area contributed by atoms with Crippen LogP contribution in [0.15, 0.2) is 23.3 Å². The molecule has 1 heterocycles. The fourth-order valence-electron chi connectivity index (χ4n) is 2.57. The molecular weight excluding hydrogens is 280 g/mol. The third-order valence-electron chi connectivity index (χ3n) is 3.75. The van der Waals surface area contributed by atoms with Gasteiger partial charge in [-0.05, 0) is 18.9 Å². The lowest BCUT2D eigenvalue weighted by atomic mass is 9.96. The van der Waals surface area contributed by atoms with Gasteiger partial charge in [-0.25, -0.2) is 9.98 Å². The minimum atomic E-state index is 0.460. The van der Waals surface area contributed by atoms with E-state index in [9.17, 15) is 0 Å². The normalized spacial score (nSPS) is 16.5. The second-order valence-corrected chi connectivity index (χ2v) is 5.49. The van der Waals surface area contributed by atoms with Crippen molar-refractivity contribution >= 4 is 5.96 Å². The van der Waals surface area contributed by atoms with Crippen molar-refractivity contribution in [1.29, 1.82) is 0 Å². The van der Waals surface area contributed by atoms with E-state index in [2.05, 4.69) is 15.3 Å². The molecule has 1 aromatic rings. The molecule has 1 aliphatic rings. The van der Waals surface area contributed by atoms with Crippen LogP contribution in [0.5, 0.6) is 5.88 Å². The summed E-state index contributed by atoms with van der Waals surface area (Å²) < 4.78 is 10.6. The van der Waals surface area contributed by atoms with Crippen molar-refractivity contribution in [3.05, 3.63) is 23.9 Å². The predicted molar refractivity (Wildman–Crippen MR) is 86.9 cm³/mol. The molecule has 0 spiro atoms. The molecule has 1 aliphatic carbocycles. The number of nitrogens with one attached hydrogen (secondary N) is 1. The Morgan fingerprint density at radius 3 is 2.95 bits per heavy atom. The van der Waals surface area contributed by atoms with Crippen molar-refractivity contribution < 1.29 is 9.47 Å². The third kappa shape index (κ3) is 5.52. The van der Waals surface area contributed by atoms with Crippen molar-refractivity contribution in [3.63, 3.8) is 0 Å². The van der Waals surface area contributed by atoms with E-state index in [0.717, 1.165) is 5.56 Å². The summed E-state index contributed by atoms with van der Waals surface area (Å²) in [6.45, 7) is 1.46. The Kier molecular flexibility index (Phi) is 6.96. The summed E-state index contributed by atoms with van der Waals surface area (Å²) >= 11 is 0. The summed E-state index contributed by atoms with van der Waals surface area (Å²) in [5.41, 5.74) is 6.90. The minimum absolute atomic E-state index is 0.460. The largest absolute Gasteiger partial charge is 0.475 e. The Labute approximate surface area is 132 Å². The minimum Gasteiger partial charge on any atom is -0.475 e. The number of aliphatic imine (C=N–C) groups is 1. The van der Waals surface area contributed by atoms with Gasteiger partial charge in [0.05, 0.1) is 13.2 Å². The molecule has 22 heavy (non-hydrogen) atoms. The van der Waals surface area contributed by atoms with Crippen molar-refractivity contribution in [3.8, 4) is 5.88 Å². The maximum Gasteiger partial charge on any atom is 0.218 e. The molecule has 3 N–H and O–H groups in total. The van der Waals surface area contributed by atoms with E-state index in [4.69, 9.17) is 15.2 Å². The molecule has 0 saturated heterocycles. The van der Waals surface area contributed by atoms with E-state index in [-0.39, 0.29) is 0 Å². The van der Waals surface area contributed by atoms with Crippen LogP contribution in [0.4, 0.5) is 0 Å².